The lowest BCUT2D eigenvalue weighted by molar-refractivity contribution is 0.964. The van der Waals surface area contributed by atoms with Gasteiger partial charge in [0.2, 0.25) is 0 Å². The molecule has 0 aromatic carbocycles. The highest BCUT2D eigenvalue weighted by molar-refractivity contribution is 9.10. The molecule has 0 spiro atoms. The average molecular weight is 265 g/mol. The van der Waals surface area contributed by atoms with Crippen molar-refractivity contribution in [2.75, 3.05) is 0 Å². The van der Waals surface area contributed by atoms with E-state index in [0.717, 1.165) is 15.9 Å². The summed E-state index contributed by atoms with van der Waals surface area (Å²) in [5, 5.41) is 0. The Kier molecular flexibility index (Phi) is 3.03. The van der Waals surface area contributed by atoms with Crippen LogP contribution in [0.25, 0.3) is 11.5 Å². The second-order valence-corrected chi connectivity index (χ2v) is 3.85. The van der Waals surface area contributed by atoms with Gasteiger partial charge in [0.25, 0.3) is 0 Å². The lowest BCUT2D eigenvalue weighted by atomic mass is 10.3. The maximum Gasteiger partial charge on any atom is 0.178 e. The summed E-state index contributed by atoms with van der Waals surface area (Å²) in [5.41, 5.74) is 7.06. The quantitative estimate of drug-likeness (QED) is 0.898. The van der Waals surface area contributed by atoms with Crippen LogP contribution in [0.2, 0.25) is 0 Å². The van der Waals surface area contributed by atoms with Gasteiger partial charge in [0.15, 0.2) is 5.82 Å². The number of halogens is 1. The number of nitrogens with zero attached hydrogens (tertiary/aromatic N) is 3. The van der Waals surface area contributed by atoms with Crippen molar-refractivity contribution in [3.63, 3.8) is 0 Å². The first-order valence-electron chi connectivity index (χ1n) is 4.43. The molecule has 2 aromatic rings. The summed E-state index contributed by atoms with van der Waals surface area (Å²) in [7, 11) is 0. The Morgan fingerprint density at radius 3 is 2.73 bits per heavy atom. The first-order chi connectivity index (χ1) is 7.29. The van der Waals surface area contributed by atoms with Gasteiger partial charge in [-0.25, -0.2) is 9.97 Å². The minimum atomic E-state index is 0.409. The first-order valence-corrected chi connectivity index (χ1v) is 5.23. The van der Waals surface area contributed by atoms with Gasteiger partial charge in [0.1, 0.15) is 5.69 Å². The summed E-state index contributed by atoms with van der Waals surface area (Å²) in [5.74, 6) is 0.602. The zero-order chi connectivity index (χ0) is 10.7. The SMILES string of the molecule is NCc1ccnc(-c2ccc(Br)cn2)n1. The van der Waals surface area contributed by atoms with E-state index in [1.165, 1.54) is 0 Å². The number of pyridine rings is 1. The van der Waals surface area contributed by atoms with Crippen LogP contribution in [0.1, 0.15) is 5.69 Å². The van der Waals surface area contributed by atoms with Gasteiger partial charge in [0.05, 0.1) is 5.69 Å². The molecule has 5 heteroatoms. The highest BCUT2D eigenvalue weighted by atomic mass is 79.9. The van der Waals surface area contributed by atoms with Crippen LogP contribution in [-0.4, -0.2) is 15.0 Å². The molecular formula is C10H9BrN4. The Hall–Kier alpha value is -1.33. The van der Waals surface area contributed by atoms with Crippen LogP contribution in [0.4, 0.5) is 0 Å². The summed E-state index contributed by atoms with van der Waals surface area (Å²) in [6.45, 7) is 0.409. The van der Waals surface area contributed by atoms with Gasteiger partial charge >= 0.3 is 0 Å². The van der Waals surface area contributed by atoms with Gasteiger partial charge in [-0.1, -0.05) is 0 Å². The van der Waals surface area contributed by atoms with Crippen LogP contribution >= 0.6 is 15.9 Å². The molecule has 0 radical (unpaired) electrons. The summed E-state index contributed by atoms with van der Waals surface area (Å²) in [6.07, 6.45) is 3.40. The molecule has 2 rings (SSSR count). The smallest absolute Gasteiger partial charge is 0.178 e. The van der Waals surface area contributed by atoms with Crippen LogP contribution in [0.3, 0.4) is 0 Å². The highest BCUT2D eigenvalue weighted by Crippen LogP contribution is 2.14. The van der Waals surface area contributed by atoms with Crippen LogP contribution in [-0.2, 0) is 6.54 Å². The van der Waals surface area contributed by atoms with Gasteiger partial charge in [-0.05, 0) is 34.1 Å². The number of hydrogen-bond acceptors (Lipinski definition) is 4. The Bertz CT molecular complexity index is 455. The van der Waals surface area contributed by atoms with E-state index in [0.29, 0.717) is 12.4 Å². The van der Waals surface area contributed by atoms with E-state index >= 15 is 0 Å². The standard InChI is InChI=1S/C10H9BrN4/c11-7-1-2-9(14-6-7)10-13-4-3-8(5-12)15-10/h1-4,6H,5,12H2. The third-order valence-electron chi connectivity index (χ3n) is 1.88. The number of aromatic nitrogens is 3. The molecule has 0 aliphatic heterocycles. The summed E-state index contributed by atoms with van der Waals surface area (Å²) in [4.78, 5) is 12.6. The van der Waals surface area contributed by atoms with Crippen LogP contribution in [0, 0.1) is 0 Å². The second kappa shape index (κ2) is 4.46. The molecule has 0 atom stereocenters. The zero-order valence-electron chi connectivity index (χ0n) is 7.89. The fourth-order valence-electron chi connectivity index (χ4n) is 1.14. The maximum atomic E-state index is 5.50. The lowest BCUT2D eigenvalue weighted by Gasteiger charge is -2.00. The molecule has 0 bridgehead atoms. The zero-order valence-corrected chi connectivity index (χ0v) is 9.48. The molecule has 15 heavy (non-hydrogen) atoms. The fourth-order valence-corrected chi connectivity index (χ4v) is 1.38. The molecule has 0 aliphatic carbocycles. The van der Waals surface area contributed by atoms with E-state index < -0.39 is 0 Å². The number of rotatable bonds is 2. The summed E-state index contributed by atoms with van der Waals surface area (Å²) >= 11 is 3.32. The van der Waals surface area contributed by atoms with Crippen molar-refractivity contribution >= 4 is 15.9 Å². The Balaban J connectivity index is 2.40. The molecule has 0 saturated heterocycles. The minimum Gasteiger partial charge on any atom is -0.325 e. The van der Waals surface area contributed by atoms with Crippen molar-refractivity contribution < 1.29 is 0 Å². The van der Waals surface area contributed by atoms with Gasteiger partial charge in [0, 0.05) is 23.4 Å². The Morgan fingerprint density at radius 2 is 2.07 bits per heavy atom. The third kappa shape index (κ3) is 2.37. The Labute approximate surface area is 95.7 Å². The number of hydrogen-bond donors (Lipinski definition) is 1. The van der Waals surface area contributed by atoms with Crippen molar-refractivity contribution in [3.8, 4) is 11.5 Å². The highest BCUT2D eigenvalue weighted by Gasteiger charge is 2.02. The molecule has 2 N–H and O–H groups in total. The normalized spacial score (nSPS) is 10.3. The Morgan fingerprint density at radius 1 is 1.20 bits per heavy atom. The molecule has 0 amide bonds. The summed E-state index contributed by atoms with van der Waals surface area (Å²) < 4.78 is 0.932. The monoisotopic (exact) mass is 264 g/mol. The number of nitrogens with two attached hydrogens (primary N) is 1. The van der Waals surface area contributed by atoms with Gasteiger partial charge in [-0.2, -0.15) is 0 Å². The molecular weight excluding hydrogens is 256 g/mol. The predicted molar refractivity (Wildman–Crippen MR) is 60.9 cm³/mol. The topological polar surface area (TPSA) is 64.7 Å². The largest absolute Gasteiger partial charge is 0.325 e. The molecule has 4 nitrogen and oxygen atoms in total. The molecule has 2 heterocycles. The average Bonchev–Trinajstić information content (AvgIpc) is 2.30. The maximum absolute atomic E-state index is 5.50. The van der Waals surface area contributed by atoms with E-state index in [1.54, 1.807) is 18.5 Å². The van der Waals surface area contributed by atoms with Crippen molar-refractivity contribution in [2.45, 2.75) is 6.54 Å². The van der Waals surface area contributed by atoms with Crippen molar-refractivity contribution in [3.05, 3.63) is 40.8 Å². The molecule has 0 saturated carbocycles. The van der Waals surface area contributed by atoms with Crippen molar-refractivity contribution in [2.24, 2.45) is 5.73 Å². The fraction of sp³-hybridized carbons (Fsp3) is 0.100. The van der Waals surface area contributed by atoms with E-state index in [-0.39, 0.29) is 0 Å². The van der Waals surface area contributed by atoms with Crippen LogP contribution < -0.4 is 5.73 Å². The minimum absolute atomic E-state index is 0.409. The van der Waals surface area contributed by atoms with Crippen molar-refractivity contribution in [1.29, 1.82) is 0 Å². The second-order valence-electron chi connectivity index (χ2n) is 2.94. The molecule has 0 fully saturated rings. The molecule has 2 aromatic heterocycles. The molecule has 0 unspecified atom stereocenters. The summed E-state index contributed by atoms with van der Waals surface area (Å²) in [6, 6.07) is 5.56. The molecule has 76 valence electrons. The van der Waals surface area contributed by atoms with E-state index in [2.05, 4.69) is 30.9 Å². The van der Waals surface area contributed by atoms with E-state index in [4.69, 9.17) is 5.73 Å². The predicted octanol–water partition coefficient (Wildman–Crippen LogP) is 1.76. The van der Waals surface area contributed by atoms with E-state index in [1.807, 2.05) is 12.1 Å². The van der Waals surface area contributed by atoms with Gasteiger partial charge in [-0.15, -0.1) is 0 Å². The van der Waals surface area contributed by atoms with E-state index in [9.17, 15) is 0 Å². The first kappa shape index (κ1) is 10.2. The molecule has 0 aliphatic rings. The lowest BCUT2D eigenvalue weighted by Crippen LogP contribution is -2.01. The van der Waals surface area contributed by atoms with Gasteiger partial charge < -0.3 is 5.73 Å². The van der Waals surface area contributed by atoms with Crippen LogP contribution in [0.5, 0.6) is 0 Å². The van der Waals surface area contributed by atoms with Gasteiger partial charge in [-0.3, -0.25) is 4.98 Å². The third-order valence-corrected chi connectivity index (χ3v) is 2.35. The van der Waals surface area contributed by atoms with Crippen molar-refractivity contribution in [1.82, 2.24) is 15.0 Å². The van der Waals surface area contributed by atoms with Crippen LogP contribution in [0.15, 0.2) is 35.1 Å².